The highest BCUT2D eigenvalue weighted by Gasteiger charge is 2.22. The third kappa shape index (κ3) is 3.96. The molecule has 0 N–H and O–H groups in total. The molecule has 1 aromatic rings. The maximum atomic E-state index is 12.0. The second-order valence-electron chi connectivity index (χ2n) is 5.32. The van der Waals surface area contributed by atoms with Gasteiger partial charge in [-0.1, -0.05) is 19.1 Å². The molecule has 1 amide bonds. The number of rotatable bonds is 4. The van der Waals surface area contributed by atoms with Crippen LogP contribution < -0.4 is 0 Å². The Morgan fingerprint density at radius 2 is 2.00 bits per heavy atom. The minimum atomic E-state index is -3.67. The standard InChI is InChI=1S/C14H18ClNO3S/c1-11-8-9-16(10-11)14(17)7-4-12-2-5-13(6-3-12)20(15,18)19/h2-3,5-6,11H,4,7-10H2,1H3. The molecule has 1 aliphatic heterocycles. The number of hydrogen-bond donors (Lipinski definition) is 0. The summed E-state index contributed by atoms with van der Waals surface area (Å²) in [6.07, 6.45) is 2.15. The van der Waals surface area contributed by atoms with Crippen molar-refractivity contribution in [2.24, 2.45) is 5.92 Å². The summed E-state index contributed by atoms with van der Waals surface area (Å²) in [5.41, 5.74) is 0.940. The normalized spacial score (nSPS) is 19.3. The van der Waals surface area contributed by atoms with E-state index >= 15 is 0 Å². The third-order valence-electron chi connectivity index (χ3n) is 3.61. The van der Waals surface area contributed by atoms with Crippen molar-refractivity contribution in [2.75, 3.05) is 13.1 Å². The molecule has 1 saturated heterocycles. The van der Waals surface area contributed by atoms with Crippen LogP contribution in [-0.2, 0) is 20.3 Å². The van der Waals surface area contributed by atoms with Gasteiger partial charge < -0.3 is 4.90 Å². The summed E-state index contributed by atoms with van der Waals surface area (Å²) in [4.78, 5) is 14.0. The highest BCUT2D eigenvalue weighted by atomic mass is 35.7. The summed E-state index contributed by atoms with van der Waals surface area (Å²) in [5.74, 6) is 0.760. The average Bonchev–Trinajstić information content (AvgIpc) is 2.82. The molecule has 1 atom stereocenters. The summed E-state index contributed by atoms with van der Waals surface area (Å²) < 4.78 is 22.2. The van der Waals surface area contributed by atoms with Crippen LogP contribution in [-0.4, -0.2) is 32.3 Å². The first-order valence-electron chi connectivity index (χ1n) is 6.67. The maximum Gasteiger partial charge on any atom is 0.261 e. The van der Waals surface area contributed by atoms with E-state index < -0.39 is 9.05 Å². The van der Waals surface area contributed by atoms with Crippen LogP contribution in [0.5, 0.6) is 0 Å². The summed E-state index contributed by atoms with van der Waals surface area (Å²) >= 11 is 0. The second-order valence-corrected chi connectivity index (χ2v) is 7.88. The number of benzene rings is 1. The molecule has 2 rings (SSSR count). The lowest BCUT2D eigenvalue weighted by Gasteiger charge is -2.15. The largest absolute Gasteiger partial charge is 0.342 e. The molecule has 20 heavy (non-hydrogen) atoms. The SMILES string of the molecule is CC1CCN(C(=O)CCc2ccc(S(=O)(=O)Cl)cc2)C1. The van der Waals surface area contributed by atoms with Gasteiger partial charge in [-0.05, 0) is 36.5 Å². The smallest absolute Gasteiger partial charge is 0.261 e. The molecule has 1 aliphatic rings. The fraction of sp³-hybridized carbons (Fsp3) is 0.500. The van der Waals surface area contributed by atoms with Crippen LogP contribution >= 0.6 is 10.7 Å². The summed E-state index contributed by atoms with van der Waals surface area (Å²) in [6, 6.07) is 6.35. The maximum absolute atomic E-state index is 12.0. The molecule has 0 aromatic heterocycles. The van der Waals surface area contributed by atoms with Gasteiger partial charge in [-0.3, -0.25) is 4.79 Å². The summed E-state index contributed by atoms with van der Waals surface area (Å²) in [5, 5.41) is 0. The Labute approximate surface area is 124 Å². The van der Waals surface area contributed by atoms with Crippen molar-refractivity contribution in [3.8, 4) is 0 Å². The van der Waals surface area contributed by atoms with Gasteiger partial charge in [0.05, 0.1) is 4.90 Å². The van der Waals surface area contributed by atoms with Crippen LogP contribution in [0.15, 0.2) is 29.2 Å². The number of aryl methyl sites for hydroxylation is 1. The molecule has 1 fully saturated rings. The van der Waals surface area contributed by atoms with E-state index in [1.54, 1.807) is 12.1 Å². The van der Waals surface area contributed by atoms with Crippen LogP contribution in [0.3, 0.4) is 0 Å². The Kier molecular flexibility index (Phi) is 4.70. The van der Waals surface area contributed by atoms with Crippen molar-refractivity contribution in [3.05, 3.63) is 29.8 Å². The molecule has 1 aromatic carbocycles. The number of likely N-dealkylation sites (tertiary alicyclic amines) is 1. The predicted octanol–water partition coefficient (Wildman–Crippen LogP) is 2.42. The number of carbonyl (C=O) groups is 1. The molecular formula is C14H18ClNO3S. The Balaban J connectivity index is 1.90. The minimum absolute atomic E-state index is 0.0858. The summed E-state index contributed by atoms with van der Waals surface area (Å²) in [7, 11) is 1.58. The molecule has 110 valence electrons. The third-order valence-corrected chi connectivity index (χ3v) is 4.98. The van der Waals surface area contributed by atoms with E-state index in [4.69, 9.17) is 10.7 Å². The van der Waals surface area contributed by atoms with Gasteiger partial charge in [0.25, 0.3) is 9.05 Å². The van der Waals surface area contributed by atoms with Crippen LogP contribution in [0.25, 0.3) is 0 Å². The molecule has 6 heteroatoms. The molecule has 0 aliphatic carbocycles. The van der Waals surface area contributed by atoms with Crippen LogP contribution in [0, 0.1) is 5.92 Å². The van der Waals surface area contributed by atoms with Gasteiger partial charge in [-0.25, -0.2) is 8.42 Å². The minimum Gasteiger partial charge on any atom is -0.342 e. The zero-order chi connectivity index (χ0) is 14.8. The number of hydrogen-bond acceptors (Lipinski definition) is 3. The quantitative estimate of drug-likeness (QED) is 0.802. The van der Waals surface area contributed by atoms with Crippen LogP contribution in [0.1, 0.15) is 25.3 Å². The van der Waals surface area contributed by atoms with Gasteiger partial charge >= 0.3 is 0 Å². The second kappa shape index (κ2) is 6.14. The van der Waals surface area contributed by atoms with Crippen molar-refractivity contribution in [3.63, 3.8) is 0 Å². The van der Waals surface area contributed by atoms with E-state index in [1.807, 2.05) is 4.90 Å². The number of amides is 1. The van der Waals surface area contributed by atoms with Crippen LogP contribution in [0.4, 0.5) is 0 Å². The first-order valence-corrected chi connectivity index (χ1v) is 8.98. The number of halogens is 1. The lowest BCUT2D eigenvalue weighted by atomic mass is 10.1. The van der Waals surface area contributed by atoms with Gasteiger partial charge in [0, 0.05) is 30.2 Å². The topological polar surface area (TPSA) is 54.5 Å². The van der Waals surface area contributed by atoms with Gasteiger partial charge in [-0.2, -0.15) is 0 Å². The van der Waals surface area contributed by atoms with E-state index in [1.165, 1.54) is 12.1 Å². The zero-order valence-electron chi connectivity index (χ0n) is 11.4. The Hall–Kier alpha value is -1.07. The van der Waals surface area contributed by atoms with Gasteiger partial charge in [0.1, 0.15) is 0 Å². The van der Waals surface area contributed by atoms with Gasteiger partial charge in [-0.15, -0.1) is 0 Å². The van der Waals surface area contributed by atoms with Crippen molar-refractivity contribution in [1.82, 2.24) is 4.90 Å². The van der Waals surface area contributed by atoms with Crippen molar-refractivity contribution >= 4 is 25.6 Å². The highest BCUT2D eigenvalue weighted by Crippen LogP contribution is 2.18. The fourth-order valence-corrected chi connectivity index (χ4v) is 3.16. The van der Waals surface area contributed by atoms with Gasteiger partial charge in [0.2, 0.25) is 5.91 Å². The van der Waals surface area contributed by atoms with Gasteiger partial charge in [0.15, 0.2) is 0 Å². The van der Waals surface area contributed by atoms with Crippen molar-refractivity contribution in [2.45, 2.75) is 31.1 Å². The molecule has 0 radical (unpaired) electrons. The van der Waals surface area contributed by atoms with Crippen LogP contribution in [0.2, 0.25) is 0 Å². The molecule has 0 spiro atoms. The number of carbonyl (C=O) groups excluding carboxylic acids is 1. The Morgan fingerprint density at radius 1 is 1.35 bits per heavy atom. The molecule has 0 bridgehead atoms. The monoisotopic (exact) mass is 315 g/mol. The van der Waals surface area contributed by atoms with E-state index in [0.717, 1.165) is 25.1 Å². The van der Waals surface area contributed by atoms with E-state index in [9.17, 15) is 13.2 Å². The Bertz CT molecular complexity index is 583. The lowest BCUT2D eigenvalue weighted by Crippen LogP contribution is -2.28. The molecule has 0 saturated carbocycles. The molecule has 4 nitrogen and oxygen atoms in total. The molecule has 1 unspecified atom stereocenters. The first-order chi connectivity index (χ1) is 9.36. The Morgan fingerprint density at radius 3 is 2.50 bits per heavy atom. The molecule has 1 heterocycles. The predicted molar refractivity (Wildman–Crippen MR) is 78.2 cm³/mol. The average molecular weight is 316 g/mol. The lowest BCUT2D eigenvalue weighted by molar-refractivity contribution is -0.130. The van der Waals surface area contributed by atoms with E-state index in [-0.39, 0.29) is 10.8 Å². The summed E-state index contributed by atoms with van der Waals surface area (Å²) in [6.45, 7) is 3.85. The van der Waals surface area contributed by atoms with Crippen molar-refractivity contribution < 1.29 is 13.2 Å². The van der Waals surface area contributed by atoms with E-state index in [2.05, 4.69) is 6.92 Å². The van der Waals surface area contributed by atoms with E-state index in [0.29, 0.717) is 18.8 Å². The molecular weight excluding hydrogens is 298 g/mol. The number of nitrogens with zero attached hydrogens (tertiary/aromatic N) is 1. The fourth-order valence-electron chi connectivity index (χ4n) is 2.39. The highest BCUT2D eigenvalue weighted by molar-refractivity contribution is 8.13. The van der Waals surface area contributed by atoms with Crippen molar-refractivity contribution in [1.29, 1.82) is 0 Å². The first kappa shape index (κ1) is 15.3. The zero-order valence-corrected chi connectivity index (χ0v) is 13.0.